The molecule has 3 aromatic rings. The standard InChI is InChI=1S/C17H23N7S/c1-17(2,18)14-10-24(22-21-14)9-12-3-6-23(7-4-12)16-15-13(5-8-25-15)19-11-20-16/h5,8,10-12H,3-4,6-7,9,18H2,1-2H3. The quantitative estimate of drug-likeness (QED) is 0.772. The third-order valence-electron chi connectivity index (χ3n) is 4.78. The zero-order chi connectivity index (χ0) is 17.4. The van der Waals surface area contributed by atoms with Crippen LogP contribution in [0.1, 0.15) is 32.4 Å². The first kappa shape index (κ1) is 16.4. The van der Waals surface area contributed by atoms with Crippen molar-refractivity contribution in [3.05, 3.63) is 29.7 Å². The Kier molecular flexibility index (Phi) is 4.16. The predicted molar refractivity (Wildman–Crippen MR) is 99.6 cm³/mol. The summed E-state index contributed by atoms with van der Waals surface area (Å²) in [6.07, 6.45) is 5.89. The van der Waals surface area contributed by atoms with E-state index in [0.717, 1.165) is 49.5 Å². The number of nitrogens with zero attached hydrogens (tertiary/aromatic N) is 6. The molecular weight excluding hydrogens is 334 g/mol. The van der Waals surface area contributed by atoms with E-state index in [1.807, 2.05) is 24.7 Å². The Hall–Kier alpha value is -2.06. The molecule has 4 rings (SSSR count). The van der Waals surface area contributed by atoms with Gasteiger partial charge in [0, 0.05) is 19.6 Å². The minimum Gasteiger partial charge on any atom is -0.355 e. The van der Waals surface area contributed by atoms with Gasteiger partial charge in [-0.05, 0) is 44.1 Å². The summed E-state index contributed by atoms with van der Waals surface area (Å²) >= 11 is 1.72. The Morgan fingerprint density at radius 1 is 1.28 bits per heavy atom. The van der Waals surface area contributed by atoms with Gasteiger partial charge in [-0.1, -0.05) is 5.21 Å². The molecule has 0 spiro atoms. The fourth-order valence-corrected chi connectivity index (χ4v) is 4.14. The molecule has 0 bridgehead atoms. The van der Waals surface area contributed by atoms with Crippen molar-refractivity contribution in [3.8, 4) is 0 Å². The average Bonchev–Trinajstić information content (AvgIpc) is 3.23. The summed E-state index contributed by atoms with van der Waals surface area (Å²) in [5, 5.41) is 10.5. The average molecular weight is 357 g/mol. The van der Waals surface area contributed by atoms with E-state index >= 15 is 0 Å². The molecule has 0 atom stereocenters. The van der Waals surface area contributed by atoms with Gasteiger partial charge in [-0.2, -0.15) is 0 Å². The second-order valence-corrected chi connectivity index (χ2v) is 8.23. The van der Waals surface area contributed by atoms with Crippen molar-refractivity contribution < 1.29 is 0 Å². The van der Waals surface area contributed by atoms with Crippen molar-refractivity contribution in [2.24, 2.45) is 11.7 Å². The first-order valence-corrected chi connectivity index (χ1v) is 9.51. The van der Waals surface area contributed by atoms with Crippen LogP contribution < -0.4 is 10.6 Å². The number of hydrogen-bond donors (Lipinski definition) is 1. The fraction of sp³-hybridized carbons (Fsp3) is 0.529. The minimum absolute atomic E-state index is 0.444. The summed E-state index contributed by atoms with van der Waals surface area (Å²) in [4.78, 5) is 11.2. The van der Waals surface area contributed by atoms with Crippen molar-refractivity contribution in [1.29, 1.82) is 0 Å². The van der Waals surface area contributed by atoms with E-state index in [1.165, 1.54) is 4.70 Å². The van der Waals surface area contributed by atoms with E-state index in [9.17, 15) is 0 Å². The molecule has 132 valence electrons. The van der Waals surface area contributed by atoms with Gasteiger partial charge in [-0.15, -0.1) is 16.4 Å². The molecule has 0 unspecified atom stereocenters. The summed E-state index contributed by atoms with van der Waals surface area (Å²) in [6, 6.07) is 2.05. The summed E-state index contributed by atoms with van der Waals surface area (Å²) in [5.74, 6) is 1.68. The van der Waals surface area contributed by atoms with E-state index in [1.54, 1.807) is 17.7 Å². The lowest BCUT2D eigenvalue weighted by molar-refractivity contribution is 0.338. The largest absolute Gasteiger partial charge is 0.355 e. The van der Waals surface area contributed by atoms with Crippen LogP contribution in [0.25, 0.3) is 10.2 Å². The van der Waals surface area contributed by atoms with Crippen LogP contribution in [0.2, 0.25) is 0 Å². The SMILES string of the molecule is CC(C)(N)c1cn(CC2CCN(c3ncnc4ccsc34)CC2)nn1. The molecule has 0 aliphatic carbocycles. The Morgan fingerprint density at radius 2 is 2.08 bits per heavy atom. The second-order valence-electron chi connectivity index (χ2n) is 7.31. The van der Waals surface area contributed by atoms with Crippen LogP contribution in [-0.2, 0) is 12.1 Å². The maximum Gasteiger partial charge on any atom is 0.150 e. The van der Waals surface area contributed by atoms with Crippen LogP contribution >= 0.6 is 11.3 Å². The first-order chi connectivity index (χ1) is 12.0. The van der Waals surface area contributed by atoms with Gasteiger partial charge in [-0.3, -0.25) is 4.68 Å². The first-order valence-electron chi connectivity index (χ1n) is 8.63. The highest BCUT2D eigenvalue weighted by atomic mass is 32.1. The molecule has 3 aromatic heterocycles. The number of thiophene rings is 1. The number of anilines is 1. The lowest BCUT2D eigenvalue weighted by atomic mass is 9.96. The van der Waals surface area contributed by atoms with Crippen molar-refractivity contribution in [3.63, 3.8) is 0 Å². The topological polar surface area (TPSA) is 85.8 Å². The number of nitrogens with two attached hydrogens (primary N) is 1. The molecule has 1 saturated heterocycles. The zero-order valence-electron chi connectivity index (χ0n) is 14.6. The van der Waals surface area contributed by atoms with Gasteiger partial charge in [0.1, 0.15) is 17.8 Å². The number of rotatable bonds is 4. The number of piperidine rings is 1. The normalized spacial score (nSPS) is 16.7. The summed E-state index contributed by atoms with van der Waals surface area (Å²) in [5.41, 5.74) is 7.52. The van der Waals surface area contributed by atoms with Crippen LogP contribution in [0, 0.1) is 5.92 Å². The predicted octanol–water partition coefficient (Wildman–Crippen LogP) is 2.39. The van der Waals surface area contributed by atoms with Crippen molar-refractivity contribution in [1.82, 2.24) is 25.0 Å². The van der Waals surface area contributed by atoms with E-state index in [4.69, 9.17) is 5.73 Å². The molecule has 25 heavy (non-hydrogen) atoms. The number of aromatic nitrogens is 5. The summed E-state index contributed by atoms with van der Waals surface area (Å²) in [7, 11) is 0. The highest BCUT2D eigenvalue weighted by molar-refractivity contribution is 7.17. The van der Waals surface area contributed by atoms with E-state index < -0.39 is 5.54 Å². The maximum atomic E-state index is 6.09. The molecule has 8 heteroatoms. The number of fused-ring (bicyclic) bond motifs is 1. The van der Waals surface area contributed by atoms with Gasteiger partial charge in [-0.25, -0.2) is 9.97 Å². The molecule has 0 saturated carbocycles. The van der Waals surface area contributed by atoms with E-state index in [2.05, 4.69) is 36.6 Å². The van der Waals surface area contributed by atoms with Gasteiger partial charge in [0.05, 0.1) is 22.0 Å². The summed E-state index contributed by atoms with van der Waals surface area (Å²) in [6.45, 7) is 6.83. The molecule has 4 heterocycles. The molecule has 0 aromatic carbocycles. The third kappa shape index (κ3) is 3.36. The molecule has 1 aliphatic rings. The Morgan fingerprint density at radius 3 is 2.80 bits per heavy atom. The Bertz CT molecular complexity index is 855. The van der Waals surface area contributed by atoms with Crippen LogP contribution in [0.15, 0.2) is 24.0 Å². The maximum absolute atomic E-state index is 6.09. The summed E-state index contributed by atoms with van der Waals surface area (Å²) < 4.78 is 3.12. The highest BCUT2D eigenvalue weighted by Gasteiger charge is 2.24. The van der Waals surface area contributed by atoms with Gasteiger partial charge in [0.25, 0.3) is 0 Å². The van der Waals surface area contributed by atoms with Crippen LogP contribution in [0.5, 0.6) is 0 Å². The smallest absolute Gasteiger partial charge is 0.150 e. The molecule has 0 radical (unpaired) electrons. The third-order valence-corrected chi connectivity index (χ3v) is 5.68. The van der Waals surface area contributed by atoms with Crippen LogP contribution in [0.3, 0.4) is 0 Å². The van der Waals surface area contributed by atoms with Crippen LogP contribution in [0.4, 0.5) is 5.82 Å². The molecular formula is C17H23N7S. The highest BCUT2D eigenvalue weighted by Crippen LogP contribution is 2.31. The lowest BCUT2D eigenvalue weighted by Gasteiger charge is -2.32. The van der Waals surface area contributed by atoms with Gasteiger partial charge in [0.15, 0.2) is 0 Å². The molecule has 2 N–H and O–H groups in total. The van der Waals surface area contributed by atoms with E-state index in [-0.39, 0.29) is 0 Å². The lowest BCUT2D eigenvalue weighted by Crippen LogP contribution is -2.35. The minimum atomic E-state index is -0.444. The molecule has 1 aliphatic heterocycles. The Labute approximate surface area is 150 Å². The van der Waals surface area contributed by atoms with Crippen LogP contribution in [-0.4, -0.2) is 38.1 Å². The molecule has 1 fully saturated rings. The zero-order valence-corrected chi connectivity index (χ0v) is 15.4. The van der Waals surface area contributed by atoms with Gasteiger partial charge < -0.3 is 10.6 Å². The van der Waals surface area contributed by atoms with E-state index in [0.29, 0.717) is 5.92 Å². The second kappa shape index (κ2) is 6.34. The molecule has 7 nitrogen and oxygen atoms in total. The molecule has 0 amide bonds. The van der Waals surface area contributed by atoms with Crippen molar-refractivity contribution in [2.75, 3.05) is 18.0 Å². The number of hydrogen-bond acceptors (Lipinski definition) is 7. The monoisotopic (exact) mass is 357 g/mol. The van der Waals surface area contributed by atoms with Crippen molar-refractivity contribution in [2.45, 2.75) is 38.8 Å². The van der Waals surface area contributed by atoms with Gasteiger partial charge >= 0.3 is 0 Å². The van der Waals surface area contributed by atoms with Gasteiger partial charge in [0.2, 0.25) is 0 Å². The van der Waals surface area contributed by atoms with Crippen molar-refractivity contribution >= 4 is 27.4 Å². The fourth-order valence-electron chi connectivity index (χ4n) is 3.28. The Balaban J connectivity index is 1.40.